The number of ether oxygens (including phenoxy) is 1. The van der Waals surface area contributed by atoms with Crippen LogP contribution in [-0.2, 0) is 13.1 Å². The summed E-state index contributed by atoms with van der Waals surface area (Å²) in [4.78, 5) is 19.1. The van der Waals surface area contributed by atoms with Crippen molar-refractivity contribution in [3.63, 3.8) is 0 Å². The van der Waals surface area contributed by atoms with Gasteiger partial charge in [-0.1, -0.05) is 13.0 Å². The van der Waals surface area contributed by atoms with Crippen LogP contribution < -0.4 is 10.1 Å². The highest BCUT2D eigenvalue weighted by molar-refractivity contribution is 5.92. The van der Waals surface area contributed by atoms with Gasteiger partial charge < -0.3 is 10.1 Å². The molecule has 0 radical (unpaired) electrons. The largest absolute Gasteiger partial charge is 0.478 e. The average molecular weight is 357 g/mol. The number of carbonyl (C=O) groups is 1. The SMILES string of the molecule is CCCOc1ccc(CN2CC[C@H](NC(=O)c3ccnn3CC)C2)cn1. The Morgan fingerprint density at radius 1 is 1.35 bits per heavy atom. The Kier molecular flexibility index (Phi) is 6.22. The van der Waals surface area contributed by atoms with Crippen LogP contribution in [0.4, 0.5) is 0 Å². The smallest absolute Gasteiger partial charge is 0.269 e. The maximum absolute atomic E-state index is 12.4. The average Bonchev–Trinajstić information content (AvgIpc) is 3.30. The number of hydrogen-bond donors (Lipinski definition) is 1. The summed E-state index contributed by atoms with van der Waals surface area (Å²) in [6.45, 7) is 8.08. The second kappa shape index (κ2) is 8.80. The van der Waals surface area contributed by atoms with Crippen LogP contribution in [0.1, 0.15) is 42.7 Å². The third kappa shape index (κ3) is 4.60. The molecule has 0 aliphatic carbocycles. The summed E-state index contributed by atoms with van der Waals surface area (Å²) in [5, 5.41) is 7.28. The molecule has 1 aliphatic rings. The minimum atomic E-state index is -0.0460. The van der Waals surface area contributed by atoms with Crippen LogP contribution in [0.2, 0.25) is 0 Å². The highest BCUT2D eigenvalue weighted by atomic mass is 16.5. The van der Waals surface area contributed by atoms with Crippen molar-refractivity contribution in [1.82, 2.24) is 25.0 Å². The molecule has 2 aromatic rings. The monoisotopic (exact) mass is 357 g/mol. The van der Waals surface area contributed by atoms with E-state index in [-0.39, 0.29) is 11.9 Å². The van der Waals surface area contributed by atoms with E-state index in [1.54, 1.807) is 16.9 Å². The van der Waals surface area contributed by atoms with Gasteiger partial charge in [0, 0.05) is 50.7 Å². The number of nitrogens with one attached hydrogen (secondary N) is 1. The number of aromatic nitrogens is 3. The third-order valence-electron chi connectivity index (χ3n) is 4.51. The number of hydrogen-bond acceptors (Lipinski definition) is 5. The third-order valence-corrected chi connectivity index (χ3v) is 4.51. The van der Waals surface area contributed by atoms with Gasteiger partial charge in [0.25, 0.3) is 5.91 Å². The number of likely N-dealkylation sites (tertiary alicyclic amines) is 1. The molecule has 0 spiro atoms. The lowest BCUT2D eigenvalue weighted by atomic mass is 10.2. The Hall–Kier alpha value is -2.41. The molecular formula is C19H27N5O2. The standard InChI is InChI=1S/C19H27N5O2/c1-3-11-26-18-6-5-15(12-20-18)13-23-10-8-16(14-23)22-19(25)17-7-9-21-24(17)4-2/h5-7,9,12,16H,3-4,8,10-11,13-14H2,1-2H3,(H,22,25)/t16-/m0/s1. The van der Waals surface area contributed by atoms with Gasteiger partial charge in [0.15, 0.2) is 0 Å². The molecule has 1 fully saturated rings. The lowest BCUT2D eigenvalue weighted by Gasteiger charge is -2.17. The van der Waals surface area contributed by atoms with Gasteiger partial charge in [-0.3, -0.25) is 14.4 Å². The first-order valence-corrected chi connectivity index (χ1v) is 9.32. The molecule has 0 bridgehead atoms. The second-order valence-corrected chi connectivity index (χ2v) is 6.58. The molecule has 1 atom stereocenters. The summed E-state index contributed by atoms with van der Waals surface area (Å²) in [5.74, 6) is 0.630. The van der Waals surface area contributed by atoms with E-state index < -0.39 is 0 Å². The predicted octanol–water partition coefficient (Wildman–Crippen LogP) is 2.09. The summed E-state index contributed by atoms with van der Waals surface area (Å²) in [6, 6.07) is 5.91. The Morgan fingerprint density at radius 2 is 2.23 bits per heavy atom. The molecule has 0 unspecified atom stereocenters. The summed E-state index contributed by atoms with van der Waals surface area (Å²) >= 11 is 0. The first kappa shape index (κ1) is 18.4. The van der Waals surface area contributed by atoms with Crippen LogP contribution in [0.15, 0.2) is 30.6 Å². The lowest BCUT2D eigenvalue weighted by Crippen LogP contribution is -2.38. The van der Waals surface area contributed by atoms with E-state index in [0.29, 0.717) is 24.7 Å². The fourth-order valence-corrected chi connectivity index (χ4v) is 3.19. The molecule has 1 amide bonds. The fourth-order valence-electron chi connectivity index (χ4n) is 3.19. The van der Waals surface area contributed by atoms with Gasteiger partial charge in [0.2, 0.25) is 5.88 Å². The van der Waals surface area contributed by atoms with E-state index in [4.69, 9.17) is 4.74 Å². The predicted molar refractivity (Wildman–Crippen MR) is 99.1 cm³/mol. The van der Waals surface area contributed by atoms with Crippen molar-refractivity contribution in [3.05, 3.63) is 41.9 Å². The lowest BCUT2D eigenvalue weighted by molar-refractivity contribution is 0.0927. The number of nitrogens with zero attached hydrogens (tertiary/aromatic N) is 4. The molecule has 1 saturated heterocycles. The van der Waals surface area contributed by atoms with Crippen LogP contribution in [0, 0.1) is 0 Å². The fraction of sp³-hybridized carbons (Fsp3) is 0.526. The van der Waals surface area contributed by atoms with Gasteiger partial charge in [-0.05, 0) is 31.4 Å². The first-order valence-electron chi connectivity index (χ1n) is 9.32. The maximum Gasteiger partial charge on any atom is 0.269 e. The van der Waals surface area contributed by atoms with Gasteiger partial charge in [-0.25, -0.2) is 4.98 Å². The van der Waals surface area contributed by atoms with Gasteiger partial charge >= 0.3 is 0 Å². The van der Waals surface area contributed by atoms with Crippen LogP contribution in [0.3, 0.4) is 0 Å². The number of amides is 1. The molecule has 3 rings (SSSR count). The van der Waals surface area contributed by atoms with Crippen molar-refractivity contribution in [2.75, 3.05) is 19.7 Å². The van der Waals surface area contributed by atoms with Crippen LogP contribution in [-0.4, -0.2) is 51.3 Å². The van der Waals surface area contributed by atoms with Crippen molar-refractivity contribution in [2.24, 2.45) is 0 Å². The Labute approximate surface area is 154 Å². The topological polar surface area (TPSA) is 72.3 Å². The second-order valence-electron chi connectivity index (χ2n) is 6.58. The molecule has 2 aromatic heterocycles. The van der Waals surface area contributed by atoms with E-state index in [1.165, 1.54) is 0 Å². The quantitative estimate of drug-likeness (QED) is 0.783. The molecule has 3 heterocycles. The number of pyridine rings is 1. The molecular weight excluding hydrogens is 330 g/mol. The minimum Gasteiger partial charge on any atom is -0.478 e. The van der Waals surface area contributed by atoms with Gasteiger partial charge in [-0.2, -0.15) is 5.10 Å². The molecule has 26 heavy (non-hydrogen) atoms. The first-order chi connectivity index (χ1) is 12.7. The minimum absolute atomic E-state index is 0.0460. The number of rotatable bonds is 8. The zero-order valence-corrected chi connectivity index (χ0v) is 15.5. The van der Waals surface area contributed by atoms with Crippen LogP contribution in [0.25, 0.3) is 0 Å². The molecule has 1 aliphatic heterocycles. The highest BCUT2D eigenvalue weighted by Gasteiger charge is 2.25. The molecule has 0 aromatic carbocycles. The van der Waals surface area contributed by atoms with E-state index >= 15 is 0 Å². The van der Waals surface area contributed by atoms with E-state index in [1.807, 2.05) is 19.2 Å². The summed E-state index contributed by atoms with van der Waals surface area (Å²) in [6.07, 6.45) is 5.47. The Morgan fingerprint density at radius 3 is 2.96 bits per heavy atom. The van der Waals surface area contributed by atoms with Crippen molar-refractivity contribution < 1.29 is 9.53 Å². The number of carbonyl (C=O) groups excluding carboxylic acids is 1. The maximum atomic E-state index is 12.4. The molecule has 1 N–H and O–H groups in total. The normalized spacial score (nSPS) is 17.4. The Bertz CT molecular complexity index is 713. The van der Waals surface area contributed by atoms with Crippen molar-refractivity contribution in [3.8, 4) is 5.88 Å². The summed E-state index contributed by atoms with van der Waals surface area (Å²) in [5.41, 5.74) is 1.78. The molecule has 7 nitrogen and oxygen atoms in total. The number of aryl methyl sites for hydroxylation is 1. The molecule has 0 saturated carbocycles. The Balaban J connectivity index is 1.48. The highest BCUT2D eigenvalue weighted by Crippen LogP contribution is 2.15. The summed E-state index contributed by atoms with van der Waals surface area (Å²) < 4.78 is 7.23. The van der Waals surface area contributed by atoms with E-state index in [2.05, 4.69) is 33.3 Å². The zero-order valence-electron chi connectivity index (χ0n) is 15.5. The zero-order chi connectivity index (χ0) is 18.4. The van der Waals surface area contributed by atoms with Crippen molar-refractivity contribution in [1.29, 1.82) is 0 Å². The van der Waals surface area contributed by atoms with Crippen molar-refractivity contribution >= 4 is 5.91 Å². The van der Waals surface area contributed by atoms with Crippen molar-refractivity contribution in [2.45, 2.75) is 45.8 Å². The molecule has 140 valence electrons. The molecule has 7 heteroatoms. The van der Waals surface area contributed by atoms with E-state index in [0.717, 1.165) is 38.0 Å². The van der Waals surface area contributed by atoms with Crippen LogP contribution >= 0.6 is 0 Å². The van der Waals surface area contributed by atoms with Gasteiger partial charge in [-0.15, -0.1) is 0 Å². The summed E-state index contributed by atoms with van der Waals surface area (Å²) in [7, 11) is 0. The van der Waals surface area contributed by atoms with Gasteiger partial charge in [0.1, 0.15) is 5.69 Å². The van der Waals surface area contributed by atoms with Crippen LogP contribution in [0.5, 0.6) is 5.88 Å². The van der Waals surface area contributed by atoms with E-state index in [9.17, 15) is 4.79 Å². The van der Waals surface area contributed by atoms with Gasteiger partial charge in [0.05, 0.1) is 6.61 Å².